The van der Waals surface area contributed by atoms with Crippen molar-refractivity contribution in [1.82, 2.24) is 13.9 Å². The number of ether oxygens (including phenoxy) is 3. The number of fused-ring (bicyclic) bond motifs is 1. The molecule has 0 fully saturated rings. The Morgan fingerprint density at radius 2 is 1.87 bits per heavy atom. The topological polar surface area (TPSA) is 147 Å². The maximum absolute atomic E-state index is 13.8. The third-order valence-electron chi connectivity index (χ3n) is 5.24. The van der Waals surface area contributed by atoms with E-state index in [4.69, 9.17) is 9.47 Å². The Hall–Kier alpha value is -3.11. The third kappa shape index (κ3) is 6.22. The quantitative estimate of drug-likeness (QED) is 0.274. The maximum Gasteiger partial charge on any atom is 0.387 e. The molecule has 1 unspecified atom stereocenters. The van der Waals surface area contributed by atoms with Crippen LogP contribution in [0.15, 0.2) is 64.8 Å². The predicted octanol–water partition coefficient (Wildman–Crippen LogP) is 2.91. The zero-order valence-corrected chi connectivity index (χ0v) is 24.3. The molecule has 0 aliphatic carbocycles. The first-order chi connectivity index (χ1) is 18.1. The number of imidazole rings is 1. The molecule has 0 bridgehead atoms. The molecular weight excluding hydrogens is 571 g/mol. The van der Waals surface area contributed by atoms with Gasteiger partial charge >= 0.3 is 12.6 Å². The number of pyridine rings is 1. The summed E-state index contributed by atoms with van der Waals surface area (Å²) in [6.07, 6.45) is 1.39. The van der Waals surface area contributed by atoms with E-state index in [2.05, 4.69) is 14.7 Å². The van der Waals surface area contributed by atoms with Gasteiger partial charge in [0.2, 0.25) is 5.16 Å². The largest absolute Gasteiger partial charge is 0.493 e. The van der Waals surface area contributed by atoms with Crippen molar-refractivity contribution >= 4 is 67.4 Å². The van der Waals surface area contributed by atoms with Crippen molar-refractivity contribution in [3.8, 4) is 17.2 Å². The summed E-state index contributed by atoms with van der Waals surface area (Å²) in [6, 6.07) is 9.41. The molecule has 0 aliphatic heterocycles. The Labute approximate surface area is 245 Å². The molecule has 0 spiro atoms. The van der Waals surface area contributed by atoms with Gasteiger partial charge in [0.1, 0.15) is 5.75 Å². The normalized spacial score (nSPS) is 12.1. The van der Waals surface area contributed by atoms with Gasteiger partial charge in [0.15, 0.2) is 11.5 Å². The van der Waals surface area contributed by atoms with Crippen LogP contribution in [0.4, 0.5) is 8.78 Å². The van der Waals surface area contributed by atoms with E-state index in [1.54, 1.807) is 0 Å². The van der Waals surface area contributed by atoms with E-state index in [0.29, 0.717) is 9.72 Å². The Kier molecular flexibility index (Phi) is 9.66. The van der Waals surface area contributed by atoms with E-state index in [-0.39, 0.29) is 69.1 Å². The number of hydrogen-bond donors (Lipinski definition) is 1. The molecule has 1 atom stereocenters. The molecule has 201 valence electrons. The van der Waals surface area contributed by atoms with Crippen molar-refractivity contribution in [2.75, 3.05) is 14.2 Å². The number of carbonyl (C=O) groups is 1. The number of benzene rings is 2. The first-order valence-corrected chi connectivity index (χ1v) is 13.3. The van der Waals surface area contributed by atoms with Crippen molar-refractivity contribution < 1.29 is 45.5 Å². The Morgan fingerprint density at radius 1 is 1.13 bits per heavy atom. The van der Waals surface area contributed by atoms with Crippen LogP contribution in [0.5, 0.6) is 17.2 Å². The SMILES string of the molecule is COc1ccnc(CS(=O)c2nc3ccc(OC(F)F)cc3n2S(=O)(=O)c2cccc(C(=O)O)c2)c1OC.[Na]. The van der Waals surface area contributed by atoms with Crippen LogP contribution < -0.4 is 14.2 Å². The second-order valence-corrected chi connectivity index (χ2v) is 10.6. The van der Waals surface area contributed by atoms with Gasteiger partial charge < -0.3 is 19.3 Å². The second kappa shape index (κ2) is 12.4. The Morgan fingerprint density at radius 3 is 2.51 bits per heavy atom. The standard InChI is InChI=1S/C23H19F2N3O8S2.Na/c1-34-19-8-9-26-17(20(19)35-2)12-37(31)23-27-16-7-6-14(36-22(24)25)11-18(16)28(23)38(32,33)15-5-3-4-13(10-15)21(29)30;/h3-11,22H,12H2,1-2H3,(H,29,30);. The van der Waals surface area contributed by atoms with Gasteiger partial charge in [-0.1, -0.05) is 6.07 Å². The summed E-state index contributed by atoms with van der Waals surface area (Å²) in [5.74, 6) is -1.61. The molecule has 2 aromatic carbocycles. The molecule has 2 aromatic heterocycles. The van der Waals surface area contributed by atoms with Gasteiger partial charge in [-0.25, -0.2) is 22.2 Å². The number of aromatic nitrogens is 3. The van der Waals surface area contributed by atoms with Gasteiger partial charge in [-0.2, -0.15) is 8.78 Å². The van der Waals surface area contributed by atoms with Crippen molar-refractivity contribution in [2.24, 2.45) is 0 Å². The van der Waals surface area contributed by atoms with Crippen LogP contribution in [0.25, 0.3) is 11.0 Å². The molecule has 0 amide bonds. The number of halogens is 2. The van der Waals surface area contributed by atoms with Gasteiger partial charge in [-0.15, -0.1) is 0 Å². The fourth-order valence-electron chi connectivity index (χ4n) is 3.60. The summed E-state index contributed by atoms with van der Waals surface area (Å²) in [5, 5.41) is 8.86. The molecule has 0 saturated heterocycles. The van der Waals surface area contributed by atoms with Gasteiger partial charge in [-0.3, -0.25) is 9.19 Å². The van der Waals surface area contributed by atoms with Gasteiger partial charge in [0.25, 0.3) is 10.0 Å². The number of rotatable bonds is 10. The molecule has 1 radical (unpaired) electrons. The second-order valence-electron chi connectivity index (χ2n) is 7.51. The van der Waals surface area contributed by atoms with Crippen LogP contribution in [0.3, 0.4) is 0 Å². The van der Waals surface area contributed by atoms with Crippen LogP contribution in [-0.4, -0.2) is 88.0 Å². The molecule has 0 saturated carbocycles. The van der Waals surface area contributed by atoms with Gasteiger partial charge in [0.05, 0.1) is 58.0 Å². The summed E-state index contributed by atoms with van der Waals surface area (Å²) in [4.78, 5) is 19.3. The van der Waals surface area contributed by atoms with E-state index >= 15 is 0 Å². The summed E-state index contributed by atoms with van der Waals surface area (Å²) < 4.78 is 82.4. The average molecular weight is 591 g/mol. The van der Waals surface area contributed by atoms with Crippen molar-refractivity contribution in [1.29, 1.82) is 0 Å². The minimum absolute atomic E-state index is 0. The minimum atomic E-state index is -4.64. The van der Waals surface area contributed by atoms with E-state index < -0.39 is 43.5 Å². The zero-order chi connectivity index (χ0) is 27.6. The number of hydrogen-bond acceptors (Lipinski definition) is 9. The van der Waals surface area contributed by atoms with Gasteiger partial charge in [0, 0.05) is 47.9 Å². The molecule has 1 N–H and O–H groups in total. The smallest absolute Gasteiger partial charge is 0.387 e. The number of carboxylic acids is 1. The number of methoxy groups -OCH3 is 2. The monoisotopic (exact) mass is 590 g/mol. The summed E-state index contributed by atoms with van der Waals surface area (Å²) in [7, 11) is -4.07. The molecule has 4 aromatic rings. The molecule has 39 heavy (non-hydrogen) atoms. The summed E-state index contributed by atoms with van der Waals surface area (Å²) in [6.45, 7) is -3.19. The molecule has 0 aliphatic rings. The zero-order valence-electron chi connectivity index (χ0n) is 20.7. The Bertz CT molecular complexity index is 1660. The number of nitrogens with zero attached hydrogens (tertiary/aromatic N) is 3. The van der Waals surface area contributed by atoms with Gasteiger partial charge in [-0.05, 0) is 30.3 Å². The van der Waals surface area contributed by atoms with Crippen molar-refractivity contribution in [2.45, 2.75) is 22.4 Å². The fraction of sp³-hybridized carbons (Fsp3) is 0.174. The van der Waals surface area contributed by atoms with E-state index in [0.717, 1.165) is 24.3 Å². The molecule has 16 heteroatoms. The molecule has 4 rings (SSSR count). The predicted molar refractivity (Wildman–Crippen MR) is 136 cm³/mol. The summed E-state index contributed by atoms with van der Waals surface area (Å²) in [5.41, 5.74) is -0.336. The summed E-state index contributed by atoms with van der Waals surface area (Å²) >= 11 is 0. The first kappa shape index (κ1) is 30.4. The van der Waals surface area contributed by atoms with Crippen LogP contribution >= 0.6 is 0 Å². The minimum Gasteiger partial charge on any atom is -0.493 e. The van der Waals surface area contributed by atoms with E-state index in [1.165, 1.54) is 44.7 Å². The number of aromatic carboxylic acids is 1. The maximum atomic E-state index is 13.8. The van der Waals surface area contributed by atoms with Crippen molar-refractivity contribution in [3.63, 3.8) is 0 Å². The molecule has 11 nitrogen and oxygen atoms in total. The molecular formula is C23H19F2N3NaO8S2. The van der Waals surface area contributed by atoms with Crippen molar-refractivity contribution in [3.05, 3.63) is 66.0 Å². The first-order valence-electron chi connectivity index (χ1n) is 10.6. The number of carboxylic acid groups (broad SMARTS) is 1. The number of alkyl halides is 2. The average Bonchev–Trinajstić information content (AvgIpc) is 3.28. The van der Waals surface area contributed by atoms with E-state index in [1.807, 2.05) is 0 Å². The van der Waals surface area contributed by atoms with Crippen LogP contribution in [0, 0.1) is 0 Å². The molecule has 2 heterocycles. The van der Waals surface area contributed by atoms with E-state index in [9.17, 15) is 31.3 Å². The fourth-order valence-corrected chi connectivity index (χ4v) is 6.60. The third-order valence-corrected chi connectivity index (χ3v) is 8.27. The van der Waals surface area contributed by atoms with Crippen LogP contribution in [0.2, 0.25) is 0 Å². The van der Waals surface area contributed by atoms with Crippen LogP contribution in [-0.2, 0) is 26.6 Å². The Balaban J connectivity index is 0.00000420. The van der Waals surface area contributed by atoms with Crippen LogP contribution in [0.1, 0.15) is 16.1 Å².